The van der Waals surface area contributed by atoms with E-state index in [1.807, 2.05) is 6.92 Å². The number of piperidine rings is 1. The molecule has 0 bridgehead atoms. The lowest BCUT2D eigenvalue weighted by molar-refractivity contribution is -0.139. The third-order valence-electron chi connectivity index (χ3n) is 3.90. The zero-order valence-electron chi connectivity index (χ0n) is 11.9. The van der Waals surface area contributed by atoms with Crippen LogP contribution in [0.3, 0.4) is 0 Å². The summed E-state index contributed by atoms with van der Waals surface area (Å²) in [6.45, 7) is 2.39. The quantitative estimate of drug-likeness (QED) is 0.912. The number of halogens is 3. The summed E-state index contributed by atoms with van der Waals surface area (Å²) >= 11 is 0. The summed E-state index contributed by atoms with van der Waals surface area (Å²) in [6.07, 6.45) is -3.29. The third-order valence-corrected chi connectivity index (χ3v) is 3.90. The van der Waals surface area contributed by atoms with Crippen LogP contribution >= 0.6 is 0 Å². The fourth-order valence-electron chi connectivity index (χ4n) is 2.79. The Labute approximate surface area is 121 Å². The molecule has 1 aromatic carbocycles. The molecule has 0 unspecified atom stereocenters. The molecule has 3 nitrogen and oxygen atoms in total. The summed E-state index contributed by atoms with van der Waals surface area (Å²) in [6, 6.07) is 5.26. The molecule has 1 aromatic rings. The van der Waals surface area contributed by atoms with E-state index in [1.54, 1.807) is 4.90 Å². The lowest BCUT2D eigenvalue weighted by Crippen LogP contribution is -2.48. The van der Waals surface area contributed by atoms with Crippen LogP contribution in [0, 0.1) is 0 Å². The Hall–Kier alpha value is -1.56. The van der Waals surface area contributed by atoms with E-state index in [9.17, 15) is 18.0 Å². The van der Waals surface area contributed by atoms with Gasteiger partial charge in [-0.3, -0.25) is 4.79 Å². The molecule has 0 aromatic heterocycles. The number of likely N-dealkylation sites (tertiary alicyclic amines) is 1. The Morgan fingerprint density at radius 1 is 1.38 bits per heavy atom. The number of carbonyl (C=O) groups is 1. The van der Waals surface area contributed by atoms with Crippen molar-refractivity contribution in [3.05, 3.63) is 35.4 Å². The van der Waals surface area contributed by atoms with Crippen molar-refractivity contribution in [2.45, 2.75) is 44.4 Å². The van der Waals surface area contributed by atoms with Crippen LogP contribution in [0.25, 0.3) is 0 Å². The second-order valence-electron chi connectivity index (χ2n) is 5.55. The third kappa shape index (κ3) is 3.75. The molecule has 0 saturated carbocycles. The minimum Gasteiger partial charge on any atom is -0.340 e. The maximum Gasteiger partial charge on any atom is 0.416 e. The number of rotatable bonds is 2. The van der Waals surface area contributed by atoms with Crippen molar-refractivity contribution in [2.75, 3.05) is 6.54 Å². The van der Waals surface area contributed by atoms with Gasteiger partial charge in [-0.2, -0.15) is 13.2 Å². The highest BCUT2D eigenvalue weighted by atomic mass is 19.4. The van der Waals surface area contributed by atoms with E-state index in [0.29, 0.717) is 19.4 Å². The Bertz CT molecular complexity index is 516. The molecule has 1 aliphatic heterocycles. The van der Waals surface area contributed by atoms with E-state index >= 15 is 0 Å². The molecule has 1 aliphatic rings. The molecule has 0 spiro atoms. The molecule has 0 radical (unpaired) electrons. The molecule has 6 heteroatoms. The average Bonchev–Trinajstić information content (AvgIpc) is 2.37. The topological polar surface area (TPSA) is 46.3 Å². The molecule has 21 heavy (non-hydrogen) atoms. The van der Waals surface area contributed by atoms with E-state index in [1.165, 1.54) is 18.2 Å². The Kier molecular flexibility index (Phi) is 4.56. The molecule has 116 valence electrons. The average molecular weight is 300 g/mol. The maximum atomic E-state index is 12.9. The molecule has 2 atom stereocenters. The highest BCUT2D eigenvalue weighted by Crippen LogP contribution is 2.32. The highest BCUT2D eigenvalue weighted by molar-refractivity contribution is 5.79. The molecule has 1 heterocycles. The van der Waals surface area contributed by atoms with Gasteiger partial charge in [0.15, 0.2) is 0 Å². The van der Waals surface area contributed by atoms with E-state index in [-0.39, 0.29) is 30.0 Å². The van der Waals surface area contributed by atoms with Crippen LogP contribution in [-0.2, 0) is 17.4 Å². The second-order valence-corrected chi connectivity index (χ2v) is 5.55. The molecular weight excluding hydrogens is 281 g/mol. The van der Waals surface area contributed by atoms with Crippen molar-refractivity contribution < 1.29 is 18.0 Å². The first kappa shape index (κ1) is 15.8. The largest absolute Gasteiger partial charge is 0.416 e. The van der Waals surface area contributed by atoms with Crippen LogP contribution < -0.4 is 5.73 Å². The zero-order chi connectivity index (χ0) is 15.6. The molecule has 0 aliphatic carbocycles. The molecule has 2 rings (SSSR count). The number of benzene rings is 1. The number of alkyl halides is 3. The smallest absolute Gasteiger partial charge is 0.340 e. The normalized spacial score (nSPS) is 23.2. The number of hydrogen-bond acceptors (Lipinski definition) is 2. The van der Waals surface area contributed by atoms with Crippen LogP contribution in [0.1, 0.15) is 30.9 Å². The number of carbonyl (C=O) groups excluding carboxylic acids is 1. The van der Waals surface area contributed by atoms with Crippen LogP contribution in [0.4, 0.5) is 13.2 Å². The van der Waals surface area contributed by atoms with Crippen molar-refractivity contribution in [3.63, 3.8) is 0 Å². The lowest BCUT2D eigenvalue weighted by atomic mass is 9.97. The zero-order valence-corrected chi connectivity index (χ0v) is 11.9. The maximum absolute atomic E-state index is 12.9. The van der Waals surface area contributed by atoms with Crippen molar-refractivity contribution in [3.8, 4) is 0 Å². The van der Waals surface area contributed by atoms with Crippen molar-refractivity contribution in [1.82, 2.24) is 4.90 Å². The van der Waals surface area contributed by atoms with Crippen LogP contribution in [0.2, 0.25) is 0 Å². The van der Waals surface area contributed by atoms with Crippen molar-refractivity contribution in [2.24, 2.45) is 5.73 Å². The van der Waals surface area contributed by atoms with Gasteiger partial charge >= 0.3 is 6.18 Å². The number of hydrogen-bond donors (Lipinski definition) is 1. The van der Waals surface area contributed by atoms with Gasteiger partial charge < -0.3 is 10.6 Å². The van der Waals surface area contributed by atoms with Gasteiger partial charge in [0, 0.05) is 18.6 Å². The van der Waals surface area contributed by atoms with Gasteiger partial charge in [-0.05, 0) is 31.4 Å². The van der Waals surface area contributed by atoms with Gasteiger partial charge in [-0.25, -0.2) is 0 Å². The van der Waals surface area contributed by atoms with Crippen LogP contribution in [0.5, 0.6) is 0 Å². The first-order valence-electron chi connectivity index (χ1n) is 6.99. The van der Waals surface area contributed by atoms with Gasteiger partial charge in [-0.15, -0.1) is 0 Å². The fourth-order valence-corrected chi connectivity index (χ4v) is 2.79. The van der Waals surface area contributed by atoms with E-state index in [4.69, 9.17) is 5.73 Å². The minimum absolute atomic E-state index is 0.0251. The van der Waals surface area contributed by atoms with Gasteiger partial charge in [-0.1, -0.05) is 18.2 Å². The summed E-state index contributed by atoms with van der Waals surface area (Å²) in [5.74, 6) is -0.272. The summed E-state index contributed by atoms with van der Waals surface area (Å²) in [5, 5.41) is 0. The van der Waals surface area contributed by atoms with Gasteiger partial charge in [0.1, 0.15) is 0 Å². The van der Waals surface area contributed by atoms with Gasteiger partial charge in [0.25, 0.3) is 0 Å². The standard InChI is InChI=1S/C15H19F3N2O/c1-10-8-12(19)6-7-20(10)14(21)9-11-4-2-3-5-13(11)15(16,17)18/h2-5,10,12H,6-9,19H2,1H3/t10-,12-/m1/s1. The molecule has 1 amide bonds. The SMILES string of the molecule is C[C@@H]1C[C@H](N)CCN1C(=O)Cc1ccccc1C(F)(F)F. The van der Waals surface area contributed by atoms with Gasteiger partial charge in [0.2, 0.25) is 5.91 Å². The monoisotopic (exact) mass is 300 g/mol. The Morgan fingerprint density at radius 3 is 2.67 bits per heavy atom. The highest BCUT2D eigenvalue weighted by Gasteiger charge is 2.34. The van der Waals surface area contributed by atoms with Gasteiger partial charge in [0.05, 0.1) is 12.0 Å². The molecule has 1 fully saturated rings. The predicted octanol–water partition coefficient (Wildman–Crippen LogP) is 2.59. The number of nitrogens with two attached hydrogens (primary N) is 1. The van der Waals surface area contributed by atoms with Crippen LogP contribution in [0.15, 0.2) is 24.3 Å². The second kappa shape index (κ2) is 6.05. The van der Waals surface area contributed by atoms with Crippen molar-refractivity contribution in [1.29, 1.82) is 0 Å². The molecule has 1 saturated heterocycles. The first-order chi connectivity index (χ1) is 9.79. The summed E-state index contributed by atoms with van der Waals surface area (Å²) in [4.78, 5) is 13.9. The summed E-state index contributed by atoms with van der Waals surface area (Å²) in [5.41, 5.74) is 5.12. The number of nitrogens with zero attached hydrogens (tertiary/aromatic N) is 1. The molecule has 2 N–H and O–H groups in total. The summed E-state index contributed by atoms with van der Waals surface area (Å²) < 4.78 is 38.8. The predicted molar refractivity (Wildman–Crippen MR) is 73.5 cm³/mol. The first-order valence-corrected chi connectivity index (χ1v) is 6.99. The van der Waals surface area contributed by atoms with E-state index in [0.717, 1.165) is 6.07 Å². The van der Waals surface area contributed by atoms with Crippen LogP contribution in [-0.4, -0.2) is 29.4 Å². The molecular formula is C15H19F3N2O. The van der Waals surface area contributed by atoms with E-state index < -0.39 is 11.7 Å². The lowest BCUT2D eigenvalue weighted by Gasteiger charge is -2.36. The fraction of sp³-hybridized carbons (Fsp3) is 0.533. The minimum atomic E-state index is -4.44. The van der Waals surface area contributed by atoms with E-state index in [2.05, 4.69) is 0 Å². The number of amides is 1. The Balaban J connectivity index is 2.13. The Morgan fingerprint density at radius 2 is 2.05 bits per heavy atom. The summed E-state index contributed by atoms with van der Waals surface area (Å²) in [7, 11) is 0. The van der Waals surface area contributed by atoms with Crippen molar-refractivity contribution >= 4 is 5.91 Å².